The number of aromatic nitrogens is 1. The van der Waals surface area contributed by atoms with E-state index in [1.807, 2.05) is 54.8 Å². The molecule has 2 heterocycles. The van der Waals surface area contributed by atoms with Crippen molar-refractivity contribution < 1.29 is 4.79 Å². The molecular formula is C28H27N3OS. The van der Waals surface area contributed by atoms with Crippen molar-refractivity contribution >= 4 is 39.4 Å². The average Bonchev–Trinajstić information content (AvgIpc) is 3.40. The zero-order chi connectivity index (χ0) is 22.6. The Morgan fingerprint density at radius 3 is 2.73 bits per heavy atom. The van der Waals surface area contributed by atoms with Gasteiger partial charge in [-0.1, -0.05) is 54.6 Å². The van der Waals surface area contributed by atoms with Crippen molar-refractivity contribution in [1.29, 1.82) is 0 Å². The summed E-state index contributed by atoms with van der Waals surface area (Å²) in [6, 6.07) is 18.3. The second kappa shape index (κ2) is 9.59. The number of carbonyl (C=O) groups is 1. The Hall–Kier alpha value is -3.44. The Balaban J connectivity index is 1.48. The molecule has 5 heteroatoms. The summed E-state index contributed by atoms with van der Waals surface area (Å²) in [6.45, 7) is 5.14. The monoisotopic (exact) mass is 453 g/mol. The molecule has 0 bridgehead atoms. The van der Waals surface area contributed by atoms with E-state index in [9.17, 15) is 4.79 Å². The molecule has 0 saturated heterocycles. The normalized spacial score (nSPS) is 13.3. The maximum atomic E-state index is 13.3. The van der Waals surface area contributed by atoms with Gasteiger partial charge in [-0.3, -0.25) is 4.79 Å². The fraction of sp³-hybridized carbons (Fsp3) is 0.214. The van der Waals surface area contributed by atoms with Crippen LogP contribution in [0.5, 0.6) is 0 Å². The van der Waals surface area contributed by atoms with Crippen molar-refractivity contribution in [3.05, 3.63) is 101 Å². The topological polar surface area (TPSA) is 46.4 Å². The summed E-state index contributed by atoms with van der Waals surface area (Å²) < 4.78 is 2.18. The van der Waals surface area contributed by atoms with E-state index in [2.05, 4.69) is 34.8 Å². The third-order valence-electron chi connectivity index (χ3n) is 6.14. The molecule has 0 radical (unpaired) electrons. The van der Waals surface area contributed by atoms with Gasteiger partial charge in [0.05, 0.1) is 5.56 Å². The zero-order valence-electron chi connectivity index (χ0n) is 18.6. The lowest BCUT2D eigenvalue weighted by molar-refractivity contribution is 0.0951. The number of nitrogens with zero attached hydrogens (tertiary/aromatic N) is 2. The molecular weight excluding hydrogens is 426 g/mol. The van der Waals surface area contributed by atoms with Crippen LogP contribution in [0, 0.1) is 0 Å². The number of allylic oxidation sites excluding steroid dienone is 1. The first-order chi connectivity index (χ1) is 16.2. The molecule has 0 atom stereocenters. The predicted octanol–water partition coefficient (Wildman–Crippen LogP) is 6.45. The molecule has 4 aromatic rings. The summed E-state index contributed by atoms with van der Waals surface area (Å²) in [7, 11) is 0. The zero-order valence-corrected chi connectivity index (χ0v) is 19.4. The average molecular weight is 454 g/mol. The molecule has 1 aliphatic carbocycles. The number of aryl methyl sites for hydroxylation is 1. The summed E-state index contributed by atoms with van der Waals surface area (Å²) in [5.74, 6) is -0.0283. The molecule has 2 aromatic carbocycles. The van der Waals surface area contributed by atoms with Crippen LogP contribution in [-0.4, -0.2) is 16.7 Å². The van der Waals surface area contributed by atoms with Gasteiger partial charge in [-0.25, -0.2) is 4.99 Å². The summed E-state index contributed by atoms with van der Waals surface area (Å²) in [5, 5.41) is 5.08. The Labute approximate surface area is 198 Å². The Kier molecular flexibility index (Phi) is 6.22. The van der Waals surface area contributed by atoms with E-state index in [4.69, 9.17) is 4.99 Å². The van der Waals surface area contributed by atoms with Crippen LogP contribution in [0.2, 0.25) is 0 Å². The SMILES string of the molecule is C=CCn1cc(/C=N/c2sc3c(c2C(=O)NCc2ccccc2)CCCC3)c2ccccc21. The van der Waals surface area contributed by atoms with Gasteiger partial charge in [0.15, 0.2) is 0 Å². The van der Waals surface area contributed by atoms with Crippen molar-refractivity contribution in [2.24, 2.45) is 4.99 Å². The van der Waals surface area contributed by atoms with E-state index in [0.29, 0.717) is 6.54 Å². The van der Waals surface area contributed by atoms with Gasteiger partial charge in [-0.2, -0.15) is 0 Å². The lowest BCUT2D eigenvalue weighted by Crippen LogP contribution is -2.24. The first kappa shape index (κ1) is 21.4. The summed E-state index contributed by atoms with van der Waals surface area (Å²) in [6.07, 6.45) is 10.2. The molecule has 5 rings (SSSR count). The van der Waals surface area contributed by atoms with Gasteiger partial charge in [0, 0.05) is 46.8 Å². The molecule has 4 nitrogen and oxygen atoms in total. The Morgan fingerprint density at radius 1 is 1.09 bits per heavy atom. The quantitative estimate of drug-likeness (QED) is 0.254. The number of aliphatic imine (C=N–C) groups is 1. The van der Waals surface area contributed by atoms with Gasteiger partial charge in [0.2, 0.25) is 0 Å². The molecule has 0 unspecified atom stereocenters. The highest BCUT2D eigenvalue weighted by atomic mass is 32.1. The van der Waals surface area contributed by atoms with Crippen LogP contribution in [0.15, 0.2) is 78.4 Å². The highest BCUT2D eigenvalue weighted by Crippen LogP contribution is 2.40. The lowest BCUT2D eigenvalue weighted by atomic mass is 9.95. The van der Waals surface area contributed by atoms with Crippen LogP contribution in [0.4, 0.5) is 5.00 Å². The van der Waals surface area contributed by atoms with Gasteiger partial charge in [0.1, 0.15) is 5.00 Å². The van der Waals surface area contributed by atoms with Crippen molar-refractivity contribution in [3.8, 4) is 0 Å². The molecule has 1 aliphatic rings. The van der Waals surface area contributed by atoms with Crippen molar-refractivity contribution in [2.45, 2.75) is 38.8 Å². The largest absolute Gasteiger partial charge is 0.348 e. The number of fused-ring (bicyclic) bond motifs is 2. The first-order valence-corrected chi connectivity index (χ1v) is 12.3. The van der Waals surface area contributed by atoms with E-state index in [1.54, 1.807) is 11.3 Å². The minimum atomic E-state index is -0.0283. The maximum absolute atomic E-state index is 13.3. The third kappa shape index (κ3) is 4.41. The molecule has 166 valence electrons. The Morgan fingerprint density at radius 2 is 1.88 bits per heavy atom. The molecule has 2 aromatic heterocycles. The number of hydrogen-bond donors (Lipinski definition) is 1. The van der Waals surface area contributed by atoms with E-state index in [1.165, 1.54) is 16.9 Å². The minimum Gasteiger partial charge on any atom is -0.348 e. The number of thiophene rings is 1. The second-order valence-corrected chi connectivity index (χ2v) is 9.44. The van der Waals surface area contributed by atoms with Crippen molar-refractivity contribution in [1.82, 2.24) is 9.88 Å². The summed E-state index contributed by atoms with van der Waals surface area (Å²) in [4.78, 5) is 19.5. The summed E-state index contributed by atoms with van der Waals surface area (Å²) >= 11 is 1.67. The van der Waals surface area contributed by atoms with Crippen LogP contribution >= 0.6 is 11.3 Å². The number of nitrogens with one attached hydrogen (secondary N) is 1. The van der Waals surface area contributed by atoms with Gasteiger partial charge in [0.25, 0.3) is 5.91 Å². The van der Waals surface area contributed by atoms with Crippen LogP contribution in [0.25, 0.3) is 10.9 Å². The van der Waals surface area contributed by atoms with Crippen molar-refractivity contribution in [3.63, 3.8) is 0 Å². The molecule has 0 aliphatic heterocycles. The molecule has 33 heavy (non-hydrogen) atoms. The highest BCUT2D eigenvalue weighted by Gasteiger charge is 2.25. The van der Waals surface area contributed by atoms with E-state index in [-0.39, 0.29) is 5.91 Å². The van der Waals surface area contributed by atoms with Gasteiger partial charge in [-0.15, -0.1) is 17.9 Å². The highest BCUT2D eigenvalue weighted by molar-refractivity contribution is 7.16. The van der Waals surface area contributed by atoms with Gasteiger partial charge < -0.3 is 9.88 Å². The number of hydrogen-bond acceptors (Lipinski definition) is 3. The van der Waals surface area contributed by atoms with Gasteiger partial charge >= 0.3 is 0 Å². The number of amides is 1. The predicted molar refractivity (Wildman–Crippen MR) is 138 cm³/mol. The molecule has 1 amide bonds. The molecule has 0 saturated carbocycles. The standard InChI is InChI=1S/C28H27N3OS/c1-2-16-31-19-21(22-12-6-8-14-24(22)31)18-30-28-26(23-13-7-9-15-25(23)33-28)27(32)29-17-20-10-4-3-5-11-20/h2-6,8,10-12,14,18-19H,1,7,9,13,15-17H2,(H,29,32)/b30-18+. The van der Waals surface area contributed by atoms with E-state index in [0.717, 1.165) is 58.4 Å². The fourth-order valence-corrected chi connectivity index (χ4v) is 5.77. The minimum absolute atomic E-state index is 0.0283. The van der Waals surface area contributed by atoms with Crippen LogP contribution in [0.1, 0.15) is 44.8 Å². The summed E-state index contributed by atoms with van der Waals surface area (Å²) in [5.41, 5.74) is 5.25. The van der Waals surface area contributed by atoms with E-state index >= 15 is 0 Å². The van der Waals surface area contributed by atoms with Crippen molar-refractivity contribution in [2.75, 3.05) is 0 Å². The Bertz CT molecular complexity index is 1330. The second-order valence-electron chi connectivity index (χ2n) is 8.36. The molecule has 0 fully saturated rings. The van der Waals surface area contributed by atoms with E-state index < -0.39 is 0 Å². The fourth-order valence-electron chi connectivity index (χ4n) is 4.54. The van der Waals surface area contributed by atoms with Crippen LogP contribution in [0.3, 0.4) is 0 Å². The molecule has 1 N–H and O–H groups in total. The van der Waals surface area contributed by atoms with Crippen LogP contribution < -0.4 is 5.32 Å². The van der Waals surface area contributed by atoms with Gasteiger partial charge in [-0.05, 0) is 42.9 Å². The van der Waals surface area contributed by atoms with Crippen LogP contribution in [-0.2, 0) is 25.9 Å². The number of benzene rings is 2. The smallest absolute Gasteiger partial charge is 0.254 e. The first-order valence-electron chi connectivity index (χ1n) is 11.4. The number of rotatable bonds is 7. The maximum Gasteiger partial charge on any atom is 0.254 e. The number of carbonyl (C=O) groups excluding carboxylic acids is 1. The third-order valence-corrected chi connectivity index (χ3v) is 7.34. The molecule has 0 spiro atoms. The number of para-hydroxylation sites is 1. The lowest BCUT2D eigenvalue weighted by Gasteiger charge is -2.12.